The lowest BCUT2D eigenvalue weighted by Gasteiger charge is -2.21. The Labute approximate surface area is 147 Å². The van der Waals surface area contributed by atoms with Crippen molar-refractivity contribution < 1.29 is 4.79 Å². The summed E-state index contributed by atoms with van der Waals surface area (Å²) in [7, 11) is 0. The van der Waals surface area contributed by atoms with Gasteiger partial charge in [0.25, 0.3) is 0 Å². The summed E-state index contributed by atoms with van der Waals surface area (Å²) in [5, 5.41) is 7.73. The number of urea groups is 1. The Morgan fingerprint density at radius 1 is 1.08 bits per heavy atom. The lowest BCUT2D eigenvalue weighted by Crippen LogP contribution is -2.34. The van der Waals surface area contributed by atoms with Crippen LogP contribution in [0.2, 0.25) is 0 Å². The first-order valence-corrected chi connectivity index (χ1v) is 9.43. The van der Waals surface area contributed by atoms with Crippen molar-refractivity contribution in [2.45, 2.75) is 38.8 Å². The summed E-state index contributed by atoms with van der Waals surface area (Å²) >= 11 is 1.64. The highest BCUT2D eigenvalue weighted by Crippen LogP contribution is 2.17. The number of nitrogens with zero attached hydrogens (tertiary/aromatic N) is 2. The van der Waals surface area contributed by atoms with Gasteiger partial charge in [-0.1, -0.05) is 25.0 Å². The molecule has 0 unspecified atom stereocenters. The molecule has 2 N–H and O–H groups in total. The predicted octanol–water partition coefficient (Wildman–Crippen LogP) is 3.52. The quantitative estimate of drug-likeness (QED) is 0.872. The molecule has 0 bridgehead atoms. The van der Waals surface area contributed by atoms with Crippen LogP contribution in [-0.2, 0) is 13.1 Å². The summed E-state index contributed by atoms with van der Waals surface area (Å²) in [5.74, 6) is 1.04. The van der Waals surface area contributed by atoms with Gasteiger partial charge in [-0.25, -0.2) is 9.78 Å². The molecule has 0 saturated carbocycles. The Kier molecular flexibility index (Phi) is 6.07. The number of nitrogens with one attached hydrogen (secondary N) is 2. The van der Waals surface area contributed by atoms with E-state index in [9.17, 15) is 4.79 Å². The summed E-state index contributed by atoms with van der Waals surface area (Å²) in [6, 6.07) is 7.95. The van der Waals surface area contributed by atoms with Crippen molar-refractivity contribution in [2.75, 3.05) is 18.0 Å². The number of carbonyl (C=O) groups excluding carboxylic acids is 1. The van der Waals surface area contributed by atoms with Crippen LogP contribution in [-0.4, -0.2) is 24.1 Å². The zero-order chi connectivity index (χ0) is 16.6. The molecule has 6 heteroatoms. The van der Waals surface area contributed by atoms with E-state index in [4.69, 9.17) is 0 Å². The van der Waals surface area contributed by atoms with Gasteiger partial charge in [-0.15, -0.1) is 11.3 Å². The first kappa shape index (κ1) is 16.8. The maximum atomic E-state index is 11.8. The molecule has 1 fully saturated rings. The van der Waals surface area contributed by atoms with Crippen molar-refractivity contribution in [3.05, 3.63) is 46.3 Å². The van der Waals surface area contributed by atoms with Gasteiger partial charge in [0, 0.05) is 30.7 Å². The highest BCUT2D eigenvalue weighted by Gasteiger charge is 2.10. The van der Waals surface area contributed by atoms with Crippen molar-refractivity contribution in [3.8, 4) is 0 Å². The molecule has 24 heavy (non-hydrogen) atoms. The maximum absolute atomic E-state index is 11.8. The maximum Gasteiger partial charge on any atom is 0.315 e. The van der Waals surface area contributed by atoms with E-state index in [0.717, 1.165) is 29.3 Å². The van der Waals surface area contributed by atoms with Crippen LogP contribution in [0.5, 0.6) is 0 Å². The van der Waals surface area contributed by atoms with Crippen LogP contribution in [0.25, 0.3) is 0 Å². The van der Waals surface area contributed by atoms with Gasteiger partial charge in [0.1, 0.15) is 5.82 Å². The molecule has 0 radical (unpaired) electrons. The van der Waals surface area contributed by atoms with E-state index in [0.29, 0.717) is 13.1 Å². The normalized spacial score (nSPS) is 14.9. The van der Waals surface area contributed by atoms with Crippen LogP contribution in [0.15, 0.2) is 35.8 Å². The second-order valence-corrected chi connectivity index (χ2v) is 7.07. The van der Waals surface area contributed by atoms with Crippen molar-refractivity contribution in [1.29, 1.82) is 0 Å². The second-order valence-electron chi connectivity index (χ2n) is 6.04. The predicted molar refractivity (Wildman–Crippen MR) is 98.3 cm³/mol. The fourth-order valence-corrected chi connectivity index (χ4v) is 3.48. The molecule has 5 nitrogen and oxygen atoms in total. The Balaban J connectivity index is 1.44. The molecule has 0 aliphatic carbocycles. The molecule has 2 amide bonds. The summed E-state index contributed by atoms with van der Waals surface area (Å²) in [5.41, 5.74) is 1.01. The van der Waals surface area contributed by atoms with E-state index in [1.165, 1.54) is 25.7 Å². The number of amides is 2. The molecular weight excluding hydrogens is 320 g/mol. The van der Waals surface area contributed by atoms with Gasteiger partial charge in [-0.2, -0.15) is 0 Å². The van der Waals surface area contributed by atoms with E-state index in [1.54, 1.807) is 11.3 Å². The highest BCUT2D eigenvalue weighted by molar-refractivity contribution is 7.09. The van der Waals surface area contributed by atoms with Crippen LogP contribution in [0.4, 0.5) is 10.6 Å². The molecule has 2 aromatic rings. The molecule has 0 spiro atoms. The third-order valence-corrected chi connectivity index (χ3v) is 5.07. The second kappa shape index (κ2) is 8.68. The Hall–Kier alpha value is -2.08. The molecule has 2 aromatic heterocycles. The van der Waals surface area contributed by atoms with Gasteiger partial charge in [0.15, 0.2) is 0 Å². The minimum Gasteiger partial charge on any atom is -0.357 e. The van der Waals surface area contributed by atoms with Gasteiger partial charge in [0.2, 0.25) is 0 Å². The number of rotatable bonds is 5. The number of aromatic nitrogens is 1. The fraction of sp³-hybridized carbons (Fsp3) is 0.444. The van der Waals surface area contributed by atoms with Gasteiger partial charge in [-0.05, 0) is 35.9 Å². The third kappa shape index (κ3) is 4.96. The van der Waals surface area contributed by atoms with Gasteiger partial charge in [0.05, 0.1) is 6.54 Å². The summed E-state index contributed by atoms with van der Waals surface area (Å²) in [6.45, 7) is 3.24. The number of hydrogen-bond acceptors (Lipinski definition) is 4. The van der Waals surface area contributed by atoms with E-state index in [1.807, 2.05) is 29.8 Å². The van der Waals surface area contributed by atoms with Gasteiger partial charge >= 0.3 is 6.03 Å². The van der Waals surface area contributed by atoms with Crippen LogP contribution in [0.3, 0.4) is 0 Å². The molecule has 3 rings (SSSR count). The molecule has 1 saturated heterocycles. The van der Waals surface area contributed by atoms with Crippen LogP contribution in [0.1, 0.15) is 36.1 Å². The molecule has 128 valence electrons. The first-order valence-electron chi connectivity index (χ1n) is 8.55. The topological polar surface area (TPSA) is 57.3 Å². The zero-order valence-electron chi connectivity index (χ0n) is 13.8. The SMILES string of the molecule is O=C(NCc1ccc(N2CCCCCC2)nc1)NCc1cccs1. The van der Waals surface area contributed by atoms with Gasteiger partial charge < -0.3 is 15.5 Å². The average molecular weight is 344 g/mol. The van der Waals surface area contributed by atoms with Gasteiger partial charge in [-0.3, -0.25) is 0 Å². The van der Waals surface area contributed by atoms with Crippen molar-refractivity contribution in [3.63, 3.8) is 0 Å². The first-order chi connectivity index (χ1) is 11.8. The smallest absolute Gasteiger partial charge is 0.315 e. The molecule has 1 aliphatic heterocycles. The highest BCUT2D eigenvalue weighted by atomic mass is 32.1. The minimum atomic E-state index is -0.153. The van der Waals surface area contributed by atoms with E-state index in [2.05, 4.69) is 26.6 Å². The number of hydrogen-bond donors (Lipinski definition) is 2. The molecule has 0 aromatic carbocycles. The van der Waals surface area contributed by atoms with E-state index >= 15 is 0 Å². The van der Waals surface area contributed by atoms with Crippen LogP contribution >= 0.6 is 11.3 Å². The molecule has 3 heterocycles. The number of anilines is 1. The minimum absolute atomic E-state index is 0.153. The lowest BCUT2D eigenvalue weighted by atomic mass is 10.2. The van der Waals surface area contributed by atoms with E-state index < -0.39 is 0 Å². The Morgan fingerprint density at radius 3 is 2.54 bits per heavy atom. The Bertz CT molecular complexity index is 619. The number of carbonyl (C=O) groups is 1. The number of pyridine rings is 1. The van der Waals surface area contributed by atoms with Crippen LogP contribution < -0.4 is 15.5 Å². The fourth-order valence-electron chi connectivity index (χ4n) is 2.83. The monoisotopic (exact) mass is 344 g/mol. The average Bonchev–Trinajstić information content (AvgIpc) is 2.99. The van der Waals surface area contributed by atoms with Crippen molar-refractivity contribution in [1.82, 2.24) is 15.6 Å². The summed E-state index contributed by atoms with van der Waals surface area (Å²) in [4.78, 5) is 19.9. The number of thiophene rings is 1. The van der Waals surface area contributed by atoms with Crippen molar-refractivity contribution >= 4 is 23.2 Å². The van der Waals surface area contributed by atoms with Crippen LogP contribution in [0, 0.1) is 0 Å². The third-order valence-electron chi connectivity index (χ3n) is 4.20. The molecule has 0 atom stereocenters. The van der Waals surface area contributed by atoms with Crippen molar-refractivity contribution in [2.24, 2.45) is 0 Å². The van der Waals surface area contributed by atoms with E-state index in [-0.39, 0.29) is 6.03 Å². The zero-order valence-corrected chi connectivity index (χ0v) is 14.6. The largest absolute Gasteiger partial charge is 0.357 e. The lowest BCUT2D eigenvalue weighted by molar-refractivity contribution is 0.240. The molecular formula is C18H24N4OS. The summed E-state index contributed by atoms with van der Waals surface area (Å²) in [6.07, 6.45) is 6.99. The standard InChI is InChI=1S/C18H24N4OS/c23-18(21-14-16-6-5-11-24-16)20-13-15-7-8-17(19-12-15)22-9-3-1-2-4-10-22/h5-8,11-12H,1-4,9-10,13-14H2,(H2,20,21,23). The molecule has 1 aliphatic rings. The Morgan fingerprint density at radius 2 is 1.88 bits per heavy atom. The summed E-state index contributed by atoms with van der Waals surface area (Å²) < 4.78 is 0.